The largest absolute Gasteiger partial charge is 0.353 e. The van der Waals surface area contributed by atoms with Gasteiger partial charge in [-0.05, 0) is 60.8 Å². The molecule has 2 aromatic carbocycles. The highest BCUT2D eigenvalue weighted by atomic mass is 32.2. The molecule has 0 aliphatic carbocycles. The van der Waals surface area contributed by atoms with Gasteiger partial charge in [0.05, 0.1) is 22.4 Å². The minimum absolute atomic E-state index is 0.142. The summed E-state index contributed by atoms with van der Waals surface area (Å²) < 4.78 is 15.5. The van der Waals surface area contributed by atoms with Crippen LogP contribution in [0.15, 0.2) is 71.4 Å². The third kappa shape index (κ3) is 5.52. The van der Waals surface area contributed by atoms with E-state index < -0.39 is 0 Å². The van der Waals surface area contributed by atoms with Gasteiger partial charge in [0.25, 0.3) is 0 Å². The molecule has 0 fully saturated rings. The van der Waals surface area contributed by atoms with E-state index in [4.69, 9.17) is 5.10 Å². The van der Waals surface area contributed by atoms with E-state index in [1.54, 1.807) is 28.2 Å². The Balaban J connectivity index is 1.69. The lowest BCUT2D eigenvalue weighted by molar-refractivity contribution is -0.122. The molecule has 3 heterocycles. The van der Waals surface area contributed by atoms with Gasteiger partial charge < -0.3 is 10.2 Å². The zero-order valence-electron chi connectivity index (χ0n) is 21.1. The molecule has 1 N–H and O–H groups in total. The van der Waals surface area contributed by atoms with Gasteiger partial charge in [-0.15, -0.1) is 11.8 Å². The number of nitrogens with one attached hydrogen (secondary N) is 1. The van der Waals surface area contributed by atoms with Crippen molar-refractivity contribution in [3.63, 3.8) is 0 Å². The third-order valence-electron chi connectivity index (χ3n) is 6.24. The zero-order chi connectivity index (χ0) is 26.6. The summed E-state index contributed by atoms with van der Waals surface area (Å²) >= 11 is 3.12. The van der Waals surface area contributed by atoms with E-state index in [0.29, 0.717) is 24.6 Å². The van der Waals surface area contributed by atoms with Crippen LogP contribution in [0, 0.1) is 5.82 Å². The molecule has 0 saturated carbocycles. The van der Waals surface area contributed by atoms with Gasteiger partial charge in [0.2, 0.25) is 11.8 Å². The van der Waals surface area contributed by atoms with Crippen molar-refractivity contribution < 1.29 is 14.0 Å². The first-order chi connectivity index (χ1) is 18.4. The first-order valence-electron chi connectivity index (χ1n) is 12.2. The normalized spacial score (nSPS) is 15.4. The molecule has 4 aromatic rings. The maximum Gasteiger partial charge on any atom is 0.240 e. The summed E-state index contributed by atoms with van der Waals surface area (Å²) in [5, 5.41) is 11.8. The SMILES string of the molecule is CN(C)CCNC(=O)CN1C(=O)CSC(c2ccsc2)c2c(-c3ccccc3)nn(-c3ccc(F)cc3)c21. The van der Waals surface area contributed by atoms with Gasteiger partial charge in [-0.25, -0.2) is 9.07 Å². The van der Waals surface area contributed by atoms with E-state index in [1.165, 1.54) is 28.8 Å². The molecule has 1 aliphatic heterocycles. The van der Waals surface area contributed by atoms with Crippen molar-refractivity contribution in [1.82, 2.24) is 20.0 Å². The molecule has 1 atom stereocenters. The highest BCUT2D eigenvalue weighted by Gasteiger charge is 2.37. The molecular formula is C28H28FN5O2S2. The van der Waals surface area contributed by atoms with Gasteiger partial charge in [-0.2, -0.15) is 16.4 Å². The van der Waals surface area contributed by atoms with Crippen molar-refractivity contribution in [2.24, 2.45) is 0 Å². The van der Waals surface area contributed by atoms with E-state index in [9.17, 15) is 14.0 Å². The molecule has 0 bridgehead atoms. The third-order valence-corrected chi connectivity index (χ3v) is 8.19. The Morgan fingerprint density at radius 2 is 1.89 bits per heavy atom. The standard InChI is InChI=1S/C28H28FN5O2S2/c1-32(2)14-13-30-23(35)16-33-24(36)18-38-27(20-12-15-37-17-20)25-26(19-6-4-3-5-7-19)31-34(28(25)33)22-10-8-21(29)9-11-22/h3-12,15,17,27H,13-14,16,18H2,1-2H3,(H,30,35). The number of fused-ring (bicyclic) bond motifs is 1. The molecule has 10 heteroatoms. The maximum absolute atomic E-state index is 13.9. The molecule has 2 amide bonds. The van der Waals surface area contributed by atoms with Crippen LogP contribution in [-0.2, 0) is 9.59 Å². The highest BCUT2D eigenvalue weighted by Crippen LogP contribution is 2.48. The summed E-state index contributed by atoms with van der Waals surface area (Å²) in [7, 11) is 3.87. The number of benzene rings is 2. The van der Waals surface area contributed by atoms with Crippen molar-refractivity contribution in [2.45, 2.75) is 5.25 Å². The number of thioether (sulfide) groups is 1. The van der Waals surface area contributed by atoms with Crippen LogP contribution >= 0.6 is 23.1 Å². The van der Waals surface area contributed by atoms with E-state index in [2.05, 4.69) is 16.8 Å². The molecule has 1 unspecified atom stereocenters. The first kappa shape index (κ1) is 26.1. The number of rotatable bonds is 8. The van der Waals surface area contributed by atoms with Gasteiger partial charge >= 0.3 is 0 Å². The second-order valence-electron chi connectivity index (χ2n) is 9.22. The number of aromatic nitrogens is 2. The zero-order valence-corrected chi connectivity index (χ0v) is 22.8. The van der Waals surface area contributed by atoms with E-state index in [0.717, 1.165) is 22.4 Å². The molecule has 2 aromatic heterocycles. The minimum Gasteiger partial charge on any atom is -0.353 e. The monoisotopic (exact) mass is 549 g/mol. The van der Waals surface area contributed by atoms with Crippen molar-refractivity contribution in [1.29, 1.82) is 0 Å². The minimum atomic E-state index is -0.366. The summed E-state index contributed by atoms with van der Waals surface area (Å²) in [6.45, 7) is 1.02. The average Bonchev–Trinajstić information content (AvgIpc) is 3.55. The van der Waals surface area contributed by atoms with Crippen LogP contribution < -0.4 is 10.2 Å². The number of hydrogen-bond acceptors (Lipinski definition) is 6. The molecular weight excluding hydrogens is 521 g/mol. The Labute approximate surface area is 229 Å². The smallest absolute Gasteiger partial charge is 0.240 e. The average molecular weight is 550 g/mol. The summed E-state index contributed by atoms with van der Waals surface area (Å²) in [5.41, 5.74) is 4.15. The summed E-state index contributed by atoms with van der Waals surface area (Å²) in [6, 6.07) is 17.9. The van der Waals surface area contributed by atoms with E-state index in [-0.39, 0.29) is 35.2 Å². The Kier molecular flexibility index (Phi) is 7.92. The number of anilines is 1. The van der Waals surface area contributed by atoms with E-state index >= 15 is 0 Å². The predicted molar refractivity (Wildman–Crippen MR) is 151 cm³/mol. The lowest BCUT2D eigenvalue weighted by Gasteiger charge is -2.23. The highest BCUT2D eigenvalue weighted by molar-refractivity contribution is 8.00. The van der Waals surface area contributed by atoms with Crippen molar-refractivity contribution in [3.8, 4) is 16.9 Å². The Morgan fingerprint density at radius 3 is 2.58 bits per heavy atom. The maximum atomic E-state index is 13.9. The molecule has 1 aliphatic rings. The fourth-order valence-electron chi connectivity index (χ4n) is 4.40. The quantitative estimate of drug-likeness (QED) is 0.348. The Morgan fingerprint density at radius 1 is 1.13 bits per heavy atom. The first-order valence-corrected chi connectivity index (χ1v) is 14.2. The van der Waals surface area contributed by atoms with Gasteiger partial charge in [0.15, 0.2) is 0 Å². The summed E-state index contributed by atoms with van der Waals surface area (Å²) in [4.78, 5) is 30.2. The van der Waals surface area contributed by atoms with Gasteiger partial charge in [0.1, 0.15) is 18.2 Å². The van der Waals surface area contributed by atoms with Crippen LogP contribution in [0.2, 0.25) is 0 Å². The summed E-state index contributed by atoms with van der Waals surface area (Å²) in [6.07, 6.45) is 0. The van der Waals surface area contributed by atoms with E-state index in [1.807, 2.05) is 54.7 Å². The Hall–Kier alpha value is -3.47. The molecule has 0 radical (unpaired) electrons. The number of carbonyl (C=O) groups excluding carboxylic acids is 2. The molecule has 7 nitrogen and oxygen atoms in total. The number of amides is 2. The fraction of sp³-hybridized carbons (Fsp3) is 0.250. The summed E-state index contributed by atoms with van der Waals surface area (Å²) in [5.74, 6) is -0.0601. The van der Waals surface area contributed by atoms with Crippen molar-refractivity contribution in [3.05, 3.63) is 88.4 Å². The topological polar surface area (TPSA) is 70.5 Å². The second kappa shape index (κ2) is 11.5. The van der Waals surface area contributed by atoms with Crippen molar-refractivity contribution >= 4 is 40.7 Å². The van der Waals surface area contributed by atoms with Gasteiger partial charge in [-0.3, -0.25) is 14.5 Å². The number of likely N-dealkylation sites (N-methyl/N-ethyl adjacent to an activating group) is 1. The molecule has 0 saturated heterocycles. The van der Waals surface area contributed by atoms with Crippen LogP contribution in [0.1, 0.15) is 16.4 Å². The van der Waals surface area contributed by atoms with Crippen molar-refractivity contribution in [2.75, 3.05) is 44.4 Å². The Bertz CT molecular complexity index is 1410. The van der Waals surface area contributed by atoms with Crippen LogP contribution in [0.5, 0.6) is 0 Å². The lowest BCUT2D eigenvalue weighted by Crippen LogP contribution is -2.43. The molecule has 196 valence electrons. The van der Waals surface area contributed by atoms with Crippen LogP contribution in [0.25, 0.3) is 16.9 Å². The van der Waals surface area contributed by atoms with Crippen LogP contribution in [-0.4, -0.2) is 66.0 Å². The number of nitrogens with zero attached hydrogens (tertiary/aromatic N) is 4. The molecule has 0 spiro atoms. The molecule has 5 rings (SSSR count). The number of hydrogen-bond donors (Lipinski definition) is 1. The number of carbonyl (C=O) groups is 2. The molecule has 38 heavy (non-hydrogen) atoms. The second-order valence-corrected chi connectivity index (χ2v) is 11.1. The van der Waals surface area contributed by atoms with Gasteiger partial charge in [0, 0.05) is 24.2 Å². The lowest BCUT2D eigenvalue weighted by atomic mass is 10.0. The van der Waals surface area contributed by atoms with Crippen LogP contribution in [0.3, 0.4) is 0 Å². The fourth-order valence-corrected chi connectivity index (χ4v) is 6.36. The number of halogens is 1. The van der Waals surface area contributed by atoms with Gasteiger partial charge in [-0.1, -0.05) is 30.3 Å². The van der Waals surface area contributed by atoms with Crippen LogP contribution in [0.4, 0.5) is 10.2 Å². The predicted octanol–water partition coefficient (Wildman–Crippen LogP) is 4.59. The number of thiophene rings is 1.